The van der Waals surface area contributed by atoms with Gasteiger partial charge in [-0.25, -0.2) is 4.98 Å². The maximum atomic E-state index is 13.0. The highest BCUT2D eigenvalue weighted by molar-refractivity contribution is 5.92. The van der Waals surface area contributed by atoms with E-state index in [0.29, 0.717) is 11.5 Å². The van der Waals surface area contributed by atoms with Gasteiger partial charge in [0.1, 0.15) is 17.2 Å². The average molecular weight is 405 g/mol. The molecule has 9 heteroatoms. The minimum Gasteiger partial charge on any atom is -0.368 e. The summed E-state index contributed by atoms with van der Waals surface area (Å²) in [6.07, 6.45) is 1.62. The molecule has 1 aliphatic carbocycles. The summed E-state index contributed by atoms with van der Waals surface area (Å²) in [6.45, 7) is 0. The second kappa shape index (κ2) is 7.46. The molecular weight excluding hydrogens is 383 g/mol. The van der Waals surface area contributed by atoms with Crippen molar-refractivity contribution in [1.82, 2.24) is 19.3 Å². The molecule has 0 aromatic carbocycles. The normalized spacial score (nSPS) is 20.0. The third-order valence-electron chi connectivity index (χ3n) is 5.37. The molecule has 2 N–H and O–H groups in total. The quantitative estimate of drug-likeness (QED) is 0.693. The van der Waals surface area contributed by atoms with Crippen LogP contribution in [0.3, 0.4) is 0 Å². The van der Waals surface area contributed by atoms with Gasteiger partial charge in [-0.1, -0.05) is 6.07 Å². The molecule has 3 aromatic heterocycles. The summed E-state index contributed by atoms with van der Waals surface area (Å²) >= 11 is 0. The molecule has 0 radical (unpaired) electrons. The maximum Gasteiger partial charge on any atom is 0.434 e. The molecule has 29 heavy (non-hydrogen) atoms. The average Bonchev–Trinajstić information content (AvgIpc) is 3.30. The van der Waals surface area contributed by atoms with Crippen LogP contribution in [0.5, 0.6) is 0 Å². The van der Waals surface area contributed by atoms with Crippen molar-refractivity contribution in [1.29, 1.82) is 0 Å². The van der Waals surface area contributed by atoms with Crippen LogP contribution in [0.2, 0.25) is 0 Å². The number of nitrogens with one attached hydrogen (secondary N) is 2. The molecule has 6 nitrogen and oxygen atoms in total. The van der Waals surface area contributed by atoms with E-state index in [4.69, 9.17) is 0 Å². The van der Waals surface area contributed by atoms with Crippen LogP contribution in [0, 0.1) is 0 Å². The topological polar surface area (TPSA) is 63.4 Å². The fourth-order valence-electron chi connectivity index (χ4n) is 3.81. The Hall–Kier alpha value is -2.97. The van der Waals surface area contributed by atoms with E-state index >= 15 is 0 Å². The molecule has 4 rings (SSSR count). The first kappa shape index (κ1) is 19.4. The van der Waals surface area contributed by atoms with Gasteiger partial charge in [0.25, 0.3) is 5.91 Å². The van der Waals surface area contributed by atoms with Crippen LogP contribution in [0.4, 0.5) is 19.0 Å². The molecule has 3 aromatic rings. The molecule has 0 atom stereocenters. The predicted octanol–water partition coefficient (Wildman–Crippen LogP) is 3.84. The number of amides is 1. The Labute approximate surface area is 165 Å². The molecule has 0 aliphatic heterocycles. The van der Waals surface area contributed by atoms with Crippen molar-refractivity contribution < 1.29 is 18.0 Å². The van der Waals surface area contributed by atoms with Crippen molar-refractivity contribution in [2.75, 3.05) is 5.32 Å². The van der Waals surface area contributed by atoms with E-state index in [-0.39, 0.29) is 23.6 Å². The lowest BCUT2D eigenvalue weighted by molar-refractivity contribution is -0.140. The monoisotopic (exact) mass is 405 g/mol. The number of alkyl halides is 3. The Balaban J connectivity index is 1.38. The summed E-state index contributed by atoms with van der Waals surface area (Å²) in [6, 6.07) is 8.82. The van der Waals surface area contributed by atoms with Crippen molar-refractivity contribution in [3.05, 3.63) is 54.1 Å². The third kappa shape index (κ3) is 4.08. The Bertz CT molecular complexity index is 1010. The van der Waals surface area contributed by atoms with Crippen molar-refractivity contribution in [3.63, 3.8) is 0 Å². The van der Waals surface area contributed by atoms with E-state index in [1.54, 1.807) is 28.8 Å². The number of halogens is 3. The summed E-state index contributed by atoms with van der Waals surface area (Å²) in [5.41, 5.74) is -0.0257. The number of pyridine rings is 1. The number of hydrogen-bond donors (Lipinski definition) is 2. The molecule has 1 fully saturated rings. The van der Waals surface area contributed by atoms with Crippen molar-refractivity contribution in [3.8, 4) is 0 Å². The minimum absolute atomic E-state index is 0.0863. The smallest absolute Gasteiger partial charge is 0.368 e. The fourth-order valence-corrected chi connectivity index (χ4v) is 3.81. The van der Waals surface area contributed by atoms with Gasteiger partial charge in [0, 0.05) is 31.5 Å². The fraction of sp³-hybridized carbons (Fsp3) is 0.400. The molecule has 3 heterocycles. The van der Waals surface area contributed by atoms with Gasteiger partial charge in [0.05, 0.1) is 0 Å². The second-order valence-corrected chi connectivity index (χ2v) is 7.43. The van der Waals surface area contributed by atoms with Crippen molar-refractivity contribution in [2.45, 2.75) is 43.9 Å². The highest BCUT2D eigenvalue weighted by Crippen LogP contribution is 2.30. The molecule has 0 unspecified atom stereocenters. The van der Waals surface area contributed by atoms with Crippen LogP contribution in [0.25, 0.3) is 5.65 Å². The SMILES string of the molecule is Cn1cccc1C(=O)NC1CCC(Nc2cccc3nc(C(F)(F)F)cn23)CC1. The minimum atomic E-state index is -4.47. The van der Waals surface area contributed by atoms with Crippen LogP contribution in [0.1, 0.15) is 41.9 Å². The van der Waals surface area contributed by atoms with Gasteiger partial charge in [0.2, 0.25) is 0 Å². The van der Waals surface area contributed by atoms with Gasteiger partial charge in [0.15, 0.2) is 5.69 Å². The molecule has 1 aliphatic rings. The highest BCUT2D eigenvalue weighted by atomic mass is 19.4. The first-order valence-electron chi connectivity index (χ1n) is 9.55. The Morgan fingerprint density at radius 3 is 2.48 bits per heavy atom. The standard InChI is InChI=1S/C20H22F3N5O/c1-27-11-3-4-15(27)19(29)25-14-9-7-13(8-10-14)24-17-5-2-6-18-26-16(12-28(17)18)20(21,22)23/h2-6,11-14,24H,7-10H2,1H3,(H,25,29). The van der Waals surface area contributed by atoms with Gasteiger partial charge >= 0.3 is 6.18 Å². The highest BCUT2D eigenvalue weighted by Gasteiger charge is 2.34. The van der Waals surface area contributed by atoms with E-state index in [2.05, 4.69) is 15.6 Å². The lowest BCUT2D eigenvalue weighted by Crippen LogP contribution is -2.40. The number of fused-ring (bicyclic) bond motifs is 1. The van der Waals surface area contributed by atoms with Gasteiger partial charge in [-0.3, -0.25) is 9.20 Å². The van der Waals surface area contributed by atoms with Crippen LogP contribution >= 0.6 is 0 Å². The second-order valence-electron chi connectivity index (χ2n) is 7.43. The molecule has 1 amide bonds. The molecule has 0 spiro atoms. The number of aryl methyl sites for hydroxylation is 1. The number of anilines is 1. The summed E-state index contributed by atoms with van der Waals surface area (Å²) in [5, 5.41) is 6.41. The van der Waals surface area contributed by atoms with Crippen LogP contribution in [0.15, 0.2) is 42.7 Å². The molecule has 1 saturated carbocycles. The Kier molecular flexibility index (Phi) is 4.97. The van der Waals surface area contributed by atoms with Crippen LogP contribution in [-0.2, 0) is 13.2 Å². The summed E-state index contributed by atoms with van der Waals surface area (Å²) in [4.78, 5) is 16.0. The first-order chi connectivity index (χ1) is 13.8. The van der Waals surface area contributed by atoms with E-state index in [1.165, 1.54) is 4.40 Å². The number of imidazole rings is 1. The van der Waals surface area contributed by atoms with E-state index in [9.17, 15) is 18.0 Å². The van der Waals surface area contributed by atoms with Gasteiger partial charge in [-0.05, 0) is 49.9 Å². The number of nitrogens with zero attached hydrogens (tertiary/aromatic N) is 3. The lowest BCUT2D eigenvalue weighted by Gasteiger charge is -2.30. The molecular formula is C20H22F3N5O. The zero-order valence-corrected chi connectivity index (χ0v) is 15.9. The van der Waals surface area contributed by atoms with Gasteiger partial charge < -0.3 is 15.2 Å². The van der Waals surface area contributed by atoms with Crippen LogP contribution in [-0.4, -0.2) is 31.9 Å². The first-order valence-corrected chi connectivity index (χ1v) is 9.55. The van der Waals surface area contributed by atoms with Gasteiger partial charge in [-0.2, -0.15) is 13.2 Å². The predicted molar refractivity (Wildman–Crippen MR) is 103 cm³/mol. The zero-order valence-electron chi connectivity index (χ0n) is 15.9. The number of carbonyl (C=O) groups is 1. The van der Waals surface area contributed by atoms with Crippen molar-refractivity contribution in [2.24, 2.45) is 7.05 Å². The third-order valence-corrected chi connectivity index (χ3v) is 5.37. The summed E-state index contributed by atoms with van der Waals surface area (Å²) < 4.78 is 42.1. The van der Waals surface area contributed by atoms with Crippen molar-refractivity contribution >= 4 is 17.4 Å². The zero-order chi connectivity index (χ0) is 20.6. The lowest BCUT2D eigenvalue weighted by atomic mass is 9.91. The largest absolute Gasteiger partial charge is 0.434 e. The van der Waals surface area contributed by atoms with Gasteiger partial charge in [-0.15, -0.1) is 0 Å². The molecule has 0 saturated heterocycles. The van der Waals surface area contributed by atoms with E-state index in [0.717, 1.165) is 31.9 Å². The maximum absolute atomic E-state index is 13.0. The number of hydrogen-bond acceptors (Lipinski definition) is 3. The number of carbonyl (C=O) groups excluding carboxylic acids is 1. The van der Waals surface area contributed by atoms with Crippen LogP contribution < -0.4 is 10.6 Å². The Morgan fingerprint density at radius 1 is 1.10 bits per heavy atom. The Morgan fingerprint density at radius 2 is 1.83 bits per heavy atom. The number of aromatic nitrogens is 3. The number of rotatable bonds is 4. The molecule has 154 valence electrons. The van der Waals surface area contributed by atoms with E-state index < -0.39 is 11.9 Å². The molecule has 0 bridgehead atoms. The summed E-state index contributed by atoms with van der Waals surface area (Å²) in [5.74, 6) is 0.499. The van der Waals surface area contributed by atoms with E-state index in [1.807, 2.05) is 19.3 Å². The summed E-state index contributed by atoms with van der Waals surface area (Å²) in [7, 11) is 1.83.